The molecule has 1 saturated carbocycles. The molecule has 3 atom stereocenters. The summed E-state index contributed by atoms with van der Waals surface area (Å²) in [4.78, 5) is 26.7. The van der Waals surface area contributed by atoms with Crippen LogP contribution in [0.15, 0.2) is 89.8 Å². The SMILES string of the molecule is COC(=O)N[C@H](C(=O)N[C@H](CCC[C@@H](CO)N(C(C)C)S(=O)(=O)c1ccc(N)cc1)C1CC1)C(c1ccccc1)c1ccccc1. The number of anilines is 1. The summed E-state index contributed by atoms with van der Waals surface area (Å²) in [5, 5.41) is 16.3. The maximum Gasteiger partial charge on any atom is 0.407 e. The van der Waals surface area contributed by atoms with E-state index in [0.29, 0.717) is 24.9 Å². The molecule has 5 N–H and O–H groups in total. The Balaban J connectivity index is 1.52. The van der Waals surface area contributed by atoms with Gasteiger partial charge in [-0.2, -0.15) is 4.31 Å². The zero-order valence-electron chi connectivity index (χ0n) is 26.7. The number of sulfonamides is 1. The minimum Gasteiger partial charge on any atom is -0.453 e. The molecular formula is C35H46N4O6S. The molecule has 1 fully saturated rings. The molecule has 4 rings (SSSR count). The lowest BCUT2D eigenvalue weighted by atomic mass is 9.84. The average Bonchev–Trinajstić information content (AvgIpc) is 3.90. The van der Waals surface area contributed by atoms with Crippen molar-refractivity contribution in [3.05, 3.63) is 96.1 Å². The van der Waals surface area contributed by atoms with Gasteiger partial charge in [0.25, 0.3) is 0 Å². The Labute approximate surface area is 272 Å². The number of aliphatic hydroxyl groups is 1. The third kappa shape index (κ3) is 8.86. The summed E-state index contributed by atoms with van der Waals surface area (Å²) in [6.07, 6.45) is 2.79. The molecule has 0 radical (unpaired) electrons. The number of hydrogen-bond acceptors (Lipinski definition) is 7. The van der Waals surface area contributed by atoms with Crippen molar-refractivity contribution in [3.63, 3.8) is 0 Å². The van der Waals surface area contributed by atoms with Crippen molar-refractivity contribution < 1.29 is 27.9 Å². The summed E-state index contributed by atoms with van der Waals surface area (Å²) in [7, 11) is -2.63. The predicted octanol–water partition coefficient (Wildman–Crippen LogP) is 4.65. The Hall–Kier alpha value is -3.93. The number of rotatable bonds is 16. The van der Waals surface area contributed by atoms with E-state index in [0.717, 1.165) is 24.0 Å². The van der Waals surface area contributed by atoms with Crippen LogP contribution in [0.1, 0.15) is 63.0 Å². The van der Waals surface area contributed by atoms with Crippen LogP contribution in [0, 0.1) is 5.92 Å². The van der Waals surface area contributed by atoms with Gasteiger partial charge in [-0.05, 0) is 87.3 Å². The molecule has 0 aromatic heterocycles. The number of aliphatic hydroxyl groups excluding tert-OH is 1. The Morgan fingerprint density at radius 3 is 1.96 bits per heavy atom. The van der Waals surface area contributed by atoms with Crippen molar-refractivity contribution in [2.75, 3.05) is 19.5 Å². The maximum absolute atomic E-state index is 14.1. The van der Waals surface area contributed by atoms with Crippen molar-refractivity contribution in [1.82, 2.24) is 14.9 Å². The molecule has 0 spiro atoms. The summed E-state index contributed by atoms with van der Waals surface area (Å²) in [6, 6.07) is 23.0. The molecule has 0 saturated heterocycles. The molecular weight excluding hydrogens is 604 g/mol. The minimum atomic E-state index is -3.89. The molecule has 0 bridgehead atoms. The molecule has 2 amide bonds. The number of nitrogen functional groups attached to an aromatic ring is 1. The fraction of sp³-hybridized carbons (Fsp3) is 0.429. The lowest BCUT2D eigenvalue weighted by Gasteiger charge is -2.33. The molecule has 0 heterocycles. The van der Waals surface area contributed by atoms with Gasteiger partial charge >= 0.3 is 6.09 Å². The number of ether oxygens (including phenoxy) is 1. The van der Waals surface area contributed by atoms with Gasteiger partial charge in [-0.3, -0.25) is 4.79 Å². The topological polar surface area (TPSA) is 151 Å². The second-order valence-corrected chi connectivity index (χ2v) is 14.0. The summed E-state index contributed by atoms with van der Waals surface area (Å²) in [5.74, 6) is -0.520. The fourth-order valence-corrected chi connectivity index (χ4v) is 7.95. The third-order valence-electron chi connectivity index (χ3n) is 8.50. The number of amides is 2. The Morgan fingerprint density at radius 2 is 1.48 bits per heavy atom. The molecule has 1 aliphatic rings. The number of hydrogen-bond donors (Lipinski definition) is 4. The van der Waals surface area contributed by atoms with Crippen molar-refractivity contribution in [3.8, 4) is 0 Å². The van der Waals surface area contributed by atoms with E-state index < -0.39 is 40.2 Å². The van der Waals surface area contributed by atoms with Crippen LogP contribution in [0.5, 0.6) is 0 Å². The van der Waals surface area contributed by atoms with Crippen LogP contribution >= 0.6 is 0 Å². The lowest BCUT2D eigenvalue weighted by molar-refractivity contribution is -0.124. The standard InChI is InChI=1S/C35H46N4O6S/c1-24(2)39(46(43,44)30-21-19-28(36)20-22-30)29(23-40)15-10-16-31(25-17-18-25)37-34(41)33(38-35(42)45-3)32(26-11-6-4-7-12-26)27-13-8-5-9-14-27/h4-9,11-14,19-22,24-25,29,31-33,40H,10,15-18,23,36H2,1-3H3,(H,37,41)(H,38,42)/t29-,31+,33-/m0/s1. The second kappa shape index (κ2) is 16.1. The average molecular weight is 651 g/mol. The van der Waals surface area contributed by atoms with Crippen molar-refractivity contribution in [2.45, 2.75) is 80.9 Å². The number of alkyl carbamates (subject to hydrolysis) is 1. The highest BCUT2D eigenvalue weighted by Crippen LogP contribution is 2.36. The number of nitrogens with two attached hydrogens (primary N) is 1. The van der Waals surface area contributed by atoms with Gasteiger partial charge in [0, 0.05) is 29.7 Å². The summed E-state index contributed by atoms with van der Waals surface area (Å²) in [5.41, 5.74) is 7.97. The molecule has 0 aliphatic heterocycles. The van der Waals surface area contributed by atoms with Crippen LogP contribution in [0.25, 0.3) is 0 Å². The van der Waals surface area contributed by atoms with Crippen LogP contribution < -0.4 is 16.4 Å². The number of nitrogens with zero attached hydrogens (tertiary/aromatic N) is 1. The Bertz CT molecular complexity index is 1480. The van der Waals surface area contributed by atoms with Crippen LogP contribution in [0.2, 0.25) is 0 Å². The van der Waals surface area contributed by atoms with E-state index in [1.807, 2.05) is 60.7 Å². The molecule has 10 nitrogen and oxygen atoms in total. The molecule has 11 heteroatoms. The predicted molar refractivity (Wildman–Crippen MR) is 178 cm³/mol. The van der Waals surface area contributed by atoms with Crippen molar-refractivity contribution >= 4 is 27.7 Å². The Morgan fingerprint density at radius 1 is 0.913 bits per heavy atom. The lowest BCUT2D eigenvalue weighted by Crippen LogP contribution is -2.53. The van der Waals surface area contributed by atoms with E-state index in [1.54, 1.807) is 26.0 Å². The number of carbonyl (C=O) groups is 2. The number of benzene rings is 3. The van der Waals surface area contributed by atoms with E-state index in [2.05, 4.69) is 10.6 Å². The van der Waals surface area contributed by atoms with E-state index in [9.17, 15) is 23.1 Å². The number of carbonyl (C=O) groups excluding carboxylic acids is 2. The van der Waals surface area contributed by atoms with E-state index in [4.69, 9.17) is 10.5 Å². The second-order valence-electron chi connectivity index (χ2n) is 12.1. The van der Waals surface area contributed by atoms with Gasteiger partial charge < -0.3 is 26.2 Å². The third-order valence-corrected chi connectivity index (χ3v) is 10.6. The van der Waals surface area contributed by atoms with Gasteiger partial charge in [0.1, 0.15) is 6.04 Å². The zero-order valence-corrected chi connectivity index (χ0v) is 27.5. The van der Waals surface area contributed by atoms with Gasteiger partial charge in [0.2, 0.25) is 15.9 Å². The fourth-order valence-electron chi connectivity index (χ4n) is 6.11. The first-order valence-corrected chi connectivity index (χ1v) is 17.3. The van der Waals surface area contributed by atoms with E-state index in [-0.39, 0.29) is 29.4 Å². The van der Waals surface area contributed by atoms with Crippen LogP contribution in [0.3, 0.4) is 0 Å². The van der Waals surface area contributed by atoms with E-state index in [1.165, 1.54) is 23.5 Å². The highest BCUT2D eigenvalue weighted by molar-refractivity contribution is 7.89. The van der Waals surface area contributed by atoms with Gasteiger partial charge in [-0.25, -0.2) is 13.2 Å². The number of nitrogens with one attached hydrogen (secondary N) is 2. The van der Waals surface area contributed by atoms with Crippen LogP contribution in [-0.4, -0.2) is 67.7 Å². The smallest absolute Gasteiger partial charge is 0.407 e. The number of methoxy groups -OCH3 is 1. The monoisotopic (exact) mass is 650 g/mol. The first kappa shape index (κ1) is 34.9. The van der Waals surface area contributed by atoms with Crippen molar-refractivity contribution in [2.24, 2.45) is 5.92 Å². The molecule has 46 heavy (non-hydrogen) atoms. The summed E-state index contributed by atoms with van der Waals surface area (Å²) in [6.45, 7) is 3.23. The van der Waals surface area contributed by atoms with Crippen LogP contribution in [-0.2, 0) is 19.6 Å². The highest BCUT2D eigenvalue weighted by Gasteiger charge is 2.38. The minimum absolute atomic E-state index is 0.118. The normalized spacial score (nSPS) is 15.4. The summed E-state index contributed by atoms with van der Waals surface area (Å²) >= 11 is 0. The first-order valence-electron chi connectivity index (χ1n) is 15.8. The first-order chi connectivity index (χ1) is 22.1. The van der Waals surface area contributed by atoms with Gasteiger partial charge in [-0.15, -0.1) is 0 Å². The highest BCUT2D eigenvalue weighted by atomic mass is 32.2. The maximum atomic E-state index is 14.1. The molecule has 3 aromatic carbocycles. The zero-order chi connectivity index (χ0) is 33.3. The molecule has 0 unspecified atom stereocenters. The molecule has 1 aliphatic carbocycles. The summed E-state index contributed by atoms with van der Waals surface area (Å²) < 4.78 is 33.5. The molecule has 3 aromatic rings. The van der Waals surface area contributed by atoms with Gasteiger partial charge in [0.05, 0.1) is 18.6 Å². The quantitative estimate of drug-likeness (QED) is 0.165. The van der Waals surface area contributed by atoms with Crippen molar-refractivity contribution in [1.29, 1.82) is 0 Å². The van der Waals surface area contributed by atoms with Gasteiger partial charge in [0.15, 0.2) is 0 Å². The molecule has 248 valence electrons. The van der Waals surface area contributed by atoms with E-state index >= 15 is 0 Å². The van der Waals surface area contributed by atoms with Crippen LogP contribution in [0.4, 0.5) is 10.5 Å². The Kier molecular flexibility index (Phi) is 12.2. The largest absolute Gasteiger partial charge is 0.453 e. The van der Waals surface area contributed by atoms with Gasteiger partial charge in [-0.1, -0.05) is 60.7 Å².